The standard InChI is InChI=1S/C33H29F4N5O/c1-2-23-26(36)11-10-20-7-5-9-24(27(20)23)29-28(37)30-25(16-38-29)31(41-13-4-3-8-21(34)17-41)40-32(39-30)43-19-33-12-6-14-42(33)18-22(35)15-33/h1,3,5,7-11,16,21-22H,4,6,12-15,17-19H2/t21?,22-,33+/m1/s1. The second-order valence-electron chi connectivity index (χ2n) is 11.5. The number of nitrogens with zero attached hydrogens (tertiary/aromatic N) is 5. The highest BCUT2D eigenvalue weighted by atomic mass is 19.1. The van der Waals surface area contributed by atoms with Crippen LogP contribution in [0.5, 0.6) is 6.01 Å². The van der Waals surface area contributed by atoms with Gasteiger partial charge in [0.05, 0.1) is 23.0 Å². The summed E-state index contributed by atoms with van der Waals surface area (Å²) in [4.78, 5) is 17.4. The summed E-state index contributed by atoms with van der Waals surface area (Å²) in [7, 11) is 0. The molecule has 3 aliphatic rings. The maximum atomic E-state index is 16.6. The van der Waals surface area contributed by atoms with Crippen molar-refractivity contribution < 1.29 is 22.3 Å². The van der Waals surface area contributed by atoms with Gasteiger partial charge < -0.3 is 9.64 Å². The normalized spacial score (nSPS) is 23.9. The maximum Gasteiger partial charge on any atom is 0.319 e. The number of aromatic nitrogens is 3. The number of halogens is 4. The molecule has 3 atom stereocenters. The van der Waals surface area contributed by atoms with Crippen LogP contribution in [0.25, 0.3) is 32.9 Å². The molecular weight excluding hydrogens is 558 g/mol. The number of pyridine rings is 1. The molecule has 0 spiro atoms. The number of alkyl halides is 2. The van der Waals surface area contributed by atoms with Gasteiger partial charge in [-0.2, -0.15) is 9.97 Å². The van der Waals surface area contributed by atoms with Crippen LogP contribution < -0.4 is 9.64 Å². The fraction of sp³-hybridized carbons (Fsp3) is 0.364. The van der Waals surface area contributed by atoms with Gasteiger partial charge in [0.15, 0.2) is 5.82 Å². The second-order valence-corrected chi connectivity index (χ2v) is 11.5. The van der Waals surface area contributed by atoms with Crippen LogP contribution in [0.3, 0.4) is 0 Å². The van der Waals surface area contributed by atoms with Gasteiger partial charge in [0.25, 0.3) is 0 Å². The van der Waals surface area contributed by atoms with Gasteiger partial charge in [0.1, 0.15) is 41.8 Å². The number of rotatable bonds is 5. The molecule has 2 saturated heterocycles. The van der Waals surface area contributed by atoms with Gasteiger partial charge >= 0.3 is 6.01 Å². The monoisotopic (exact) mass is 587 g/mol. The van der Waals surface area contributed by atoms with Crippen LogP contribution in [0.4, 0.5) is 23.4 Å². The molecule has 0 radical (unpaired) electrons. The Morgan fingerprint density at radius 1 is 1.09 bits per heavy atom. The zero-order valence-electron chi connectivity index (χ0n) is 23.4. The summed E-state index contributed by atoms with van der Waals surface area (Å²) < 4.78 is 66.5. The number of anilines is 1. The third-order valence-electron chi connectivity index (χ3n) is 8.87. The minimum absolute atomic E-state index is 0.0101. The zero-order valence-corrected chi connectivity index (χ0v) is 23.4. The van der Waals surface area contributed by atoms with E-state index in [-0.39, 0.29) is 41.3 Å². The minimum Gasteiger partial charge on any atom is -0.461 e. The lowest BCUT2D eigenvalue weighted by molar-refractivity contribution is 0.107. The van der Waals surface area contributed by atoms with Gasteiger partial charge in [-0.3, -0.25) is 9.88 Å². The van der Waals surface area contributed by atoms with Gasteiger partial charge in [0.2, 0.25) is 0 Å². The highest BCUT2D eigenvalue weighted by molar-refractivity contribution is 6.02. The Bertz CT molecular complexity index is 1810. The molecule has 0 amide bonds. The summed E-state index contributed by atoms with van der Waals surface area (Å²) >= 11 is 0. The predicted molar refractivity (Wildman–Crippen MR) is 158 cm³/mol. The minimum atomic E-state index is -1.24. The molecular formula is C33H29F4N5O. The lowest BCUT2D eigenvalue weighted by Crippen LogP contribution is -2.43. The van der Waals surface area contributed by atoms with Gasteiger partial charge in [-0.15, -0.1) is 6.42 Å². The number of benzene rings is 2. The molecule has 0 N–H and O–H groups in total. The average molecular weight is 588 g/mol. The highest BCUT2D eigenvalue weighted by Gasteiger charge is 2.49. The fourth-order valence-corrected chi connectivity index (χ4v) is 6.88. The molecule has 43 heavy (non-hydrogen) atoms. The molecule has 6 nitrogen and oxygen atoms in total. The Morgan fingerprint density at radius 3 is 2.84 bits per heavy atom. The van der Waals surface area contributed by atoms with Crippen molar-refractivity contribution in [3.8, 4) is 29.6 Å². The van der Waals surface area contributed by atoms with Gasteiger partial charge in [0, 0.05) is 36.7 Å². The SMILES string of the molecule is C#Cc1c(F)ccc2cccc(-c3ncc4c(N5CCC=CC(F)C5)nc(OC[C@@]56CCCN5C[C@H](F)C6)nc4c3F)c12. The fourth-order valence-electron chi connectivity index (χ4n) is 6.88. The first kappa shape index (κ1) is 27.6. The number of hydrogen-bond acceptors (Lipinski definition) is 6. The third-order valence-corrected chi connectivity index (χ3v) is 8.87. The topological polar surface area (TPSA) is 54.4 Å². The molecule has 220 valence electrons. The first-order valence-corrected chi connectivity index (χ1v) is 14.5. The van der Waals surface area contributed by atoms with Crippen LogP contribution in [0.1, 0.15) is 31.2 Å². The van der Waals surface area contributed by atoms with Gasteiger partial charge in [-0.05, 0) is 37.3 Å². The van der Waals surface area contributed by atoms with Crippen molar-refractivity contribution in [2.75, 3.05) is 37.7 Å². The Morgan fingerprint density at radius 2 is 1.98 bits per heavy atom. The van der Waals surface area contributed by atoms with E-state index in [1.54, 1.807) is 35.2 Å². The molecule has 2 aromatic heterocycles. The van der Waals surface area contributed by atoms with E-state index in [0.717, 1.165) is 19.4 Å². The molecule has 7 rings (SSSR count). The quantitative estimate of drug-likeness (QED) is 0.158. The van der Waals surface area contributed by atoms with E-state index in [1.165, 1.54) is 18.3 Å². The molecule has 4 aromatic rings. The number of ether oxygens (including phenoxy) is 1. The van der Waals surface area contributed by atoms with E-state index in [1.807, 2.05) is 0 Å². The van der Waals surface area contributed by atoms with Crippen LogP contribution in [0, 0.1) is 24.0 Å². The van der Waals surface area contributed by atoms with Crippen LogP contribution in [-0.2, 0) is 0 Å². The summed E-state index contributed by atoms with van der Waals surface area (Å²) in [6, 6.07) is 7.90. The Labute approximate surface area is 246 Å². The van der Waals surface area contributed by atoms with Crippen molar-refractivity contribution in [1.82, 2.24) is 19.9 Å². The summed E-state index contributed by atoms with van der Waals surface area (Å²) in [5, 5.41) is 1.29. The maximum absolute atomic E-state index is 16.6. The van der Waals surface area contributed by atoms with Crippen LogP contribution in [-0.4, -0.2) is 70.5 Å². The lowest BCUT2D eigenvalue weighted by atomic mass is 9.95. The van der Waals surface area contributed by atoms with E-state index in [0.29, 0.717) is 48.1 Å². The Hall–Kier alpha value is -4.23. The molecule has 5 heterocycles. The van der Waals surface area contributed by atoms with Crippen molar-refractivity contribution in [3.63, 3.8) is 0 Å². The van der Waals surface area contributed by atoms with Gasteiger partial charge in [-0.1, -0.05) is 42.3 Å². The summed E-state index contributed by atoms with van der Waals surface area (Å²) in [6.45, 7) is 1.77. The molecule has 1 unspecified atom stereocenters. The average Bonchev–Trinajstić information content (AvgIpc) is 3.43. The molecule has 2 aromatic carbocycles. The highest BCUT2D eigenvalue weighted by Crippen LogP contribution is 2.41. The third kappa shape index (κ3) is 4.76. The largest absolute Gasteiger partial charge is 0.461 e. The number of fused-ring (bicyclic) bond motifs is 3. The van der Waals surface area contributed by atoms with E-state index in [9.17, 15) is 13.2 Å². The molecule has 2 fully saturated rings. The summed E-state index contributed by atoms with van der Waals surface area (Å²) in [6.07, 6.45) is 10.9. The van der Waals surface area contributed by atoms with Crippen LogP contribution >= 0.6 is 0 Å². The number of terminal acetylenes is 1. The van der Waals surface area contributed by atoms with E-state index in [4.69, 9.17) is 11.2 Å². The summed E-state index contributed by atoms with van der Waals surface area (Å²) in [5.41, 5.74) is -0.266. The lowest BCUT2D eigenvalue weighted by Gasteiger charge is -2.31. The molecule has 3 aliphatic heterocycles. The molecule has 10 heteroatoms. The van der Waals surface area contributed by atoms with Crippen molar-refractivity contribution >= 4 is 27.5 Å². The van der Waals surface area contributed by atoms with Crippen LogP contribution in [0.15, 0.2) is 48.7 Å². The Balaban J connectivity index is 1.37. The Kier molecular flexibility index (Phi) is 6.93. The van der Waals surface area contributed by atoms with E-state index >= 15 is 4.39 Å². The van der Waals surface area contributed by atoms with Crippen molar-refractivity contribution in [2.24, 2.45) is 0 Å². The smallest absolute Gasteiger partial charge is 0.319 e. The molecule has 0 aliphatic carbocycles. The second kappa shape index (κ2) is 10.8. The van der Waals surface area contributed by atoms with Crippen molar-refractivity contribution in [3.05, 3.63) is 65.9 Å². The summed E-state index contributed by atoms with van der Waals surface area (Å²) in [5.74, 6) is 1.33. The predicted octanol–water partition coefficient (Wildman–Crippen LogP) is 6.16. The number of hydrogen-bond donors (Lipinski definition) is 0. The van der Waals surface area contributed by atoms with E-state index < -0.39 is 29.5 Å². The molecule has 0 saturated carbocycles. The van der Waals surface area contributed by atoms with Crippen molar-refractivity contribution in [2.45, 2.75) is 43.6 Å². The first-order chi connectivity index (χ1) is 20.9. The van der Waals surface area contributed by atoms with Gasteiger partial charge in [-0.25, -0.2) is 17.6 Å². The van der Waals surface area contributed by atoms with E-state index in [2.05, 4.69) is 25.8 Å². The van der Waals surface area contributed by atoms with Crippen LogP contribution in [0.2, 0.25) is 0 Å². The zero-order chi connectivity index (χ0) is 29.7. The molecule has 0 bridgehead atoms. The first-order valence-electron chi connectivity index (χ1n) is 14.5. The van der Waals surface area contributed by atoms with Crippen molar-refractivity contribution in [1.29, 1.82) is 0 Å².